The number of aromatic nitrogens is 2. The Bertz CT molecular complexity index is 1630. The molecule has 0 bridgehead atoms. The Labute approximate surface area is 237 Å². The monoisotopic (exact) mass is 620 g/mol. The summed E-state index contributed by atoms with van der Waals surface area (Å²) in [5, 5.41) is 10.9. The molecule has 2 aromatic carbocycles. The molecule has 2 heterocycles. The molecule has 0 spiro atoms. The zero-order chi connectivity index (χ0) is 29.4. The Hall–Kier alpha value is -2.87. The molecule has 216 valence electrons. The van der Waals surface area contributed by atoms with Gasteiger partial charge in [0.15, 0.2) is 9.84 Å². The number of carbonyl (C=O) groups is 1. The first kappa shape index (κ1) is 30.1. The van der Waals surface area contributed by atoms with E-state index in [0.717, 1.165) is 10.9 Å². The highest BCUT2D eigenvalue weighted by molar-refractivity contribution is 7.91. The number of hydrogen-bond acceptors (Lipinski definition) is 6. The second-order valence-electron chi connectivity index (χ2n) is 9.47. The second kappa shape index (κ2) is 11.6. The van der Waals surface area contributed by atoms with Crippen LogP contribution in [-0.4, -0.2) is 59.0 Å². The average molecular weight is 621 g/mol. The van der Waals surface area contributed by atoms with Crippen LogP contribution in [0, 0.1) is 0 Å². The number of hydrogen-bond donors (Lipinski definition) is 2. The lowest BCUT2D eigenvalue weighted by molar-refractivity contribution is -0.138. The molecule has 0 aliphatic carbocycles. The van der Waals surface area contributed by atoms with Crippen molar-refractivity contribution in [2.24, 2.45) is 0 Å². The van der Waals surface area contributed by atoms with Crippen LogP contribution in [0.15, 0.2) is 40.3 Å². The van der Waals surface area contributed by atoms with Gasteiger partial charge in [-0.25, -0.2) is 18.2 Å². The quantitative estimate of drug-likeness (QED) is 0.389. The zero-order valence-electron chi connectivity index (χ0n) is 21.1. The molecule has 1 aromatic heterocycles. The summed E-state index contributed by atoms with van der Waals surface area (Å²) in [6.07, 6.45) is -3.85. The maximum atomic E-state index is 14.2. The summed E-state index contributed by atoms with van der Waals surface area (Å²) in [5.41, 5.74) is -2.16. The third-order valence-corrected chi connectivity index (χ3v) is 9.23. The molecule has 2 N–H and O–H groups in total. The lowest BCUT2D eigenvalue weighted by Crippen LogP contribution is -2.47. The summed E-state index contributed by atoms with van der Waals surface area (Å²) in [7, 11) is -3.69. The highest BCUT2D eigenvalue weighted by atomic mass is 35.5. The molecular weight excluding hydrogens is 596 g/mol. The summed E-state index contributed by atoms with van der Waals surface area (Å²) in [6, 6.07) is 4.36. The Morgan fingerprint density at radius 3 is 2.60 bits per heavy atom. The van der Waals surface area contributed by atoms with Gasteiger partial charge in [-0.05, 0) is 54.8 Å². The van der Waals surface area contributed by atoms with Gasteiger partial charge in [-0.15, -0.1) is 0 Å². The van der Waals surface area contributed by atoms with E-state index in [1.807, 2.05) is 0 Å². The van der Waals surface area contributed by atoms with E-state index in [9.17, 15) is 31.2 Å². The summed E-state index contributed by atoms with van der Waals surface area (Å²) < 4.78 is 68.8. The minimum absolute atomic E-state index is 0.0482. The molecular formula is C25H25Cl2F3N4O5S. The Morgan fingerprint density at radius 1 is 1.23 bits per heavy atom. The van der Waals surface area contributed by atoms with Crippen LogP contribution in [0.4, 0.5) is 18.0 Å². The van der Waals surface area contributed by atoms with Crippen LogP contribution < -0.4 is 10.9 Å². The van der Waals surface area contributed by atoms with Crippen LogP contribution in [0.5, 0.6) is 0 Å². The van der Waals surface area contributed by atoms with Gasteiger partial charge in [-0.2, -0.15) is 13.2 Å². The fraction of sp³-hybridized carbons (Fsp3) is 0.400. The second-order valence-corrected chi connectivity index (χ2v) is 12.5. The van der Waals surface area contributed by atoms with Crippen molar-refractivity contribution in [1.29, 1.82) is 0 Å². The minimum atomic E-state index is -4.86. The zero-order valence-corrected chi connectivity index (χ0v) is 23.5. The van der Waals surface area contributed by atoms with E-state index in [0.29, 0.717) is 25.5 Å². The SMILES string of the molecule is CCS(=O)(=O)c1ccc(Cl)cc1Cn1cnc2c(Cl)c(CN3CCC[C@H](NC(=O)O)C3)c(C(F)(F)F)cc2c1=O. The number of halogens is 5. The number of fused-ring (bicyclic) bond motifs is 1. The van der Waals surface area contributed by atoms with Crippen molar-refractivity contribution in [1.82, 2.24) is 19.8 Å². The van der Waals surface area contributed by atoms with Gasteiger partial charge in [-0.3, -0.25) is 14.3 Å². The average Bonchev–Trinajstić information content (AvgIpc) is 2.86. The van der Waals surface area contributed by atoms with Gasteiger partial charge in [0.25, 0.3) is 5.56 Å². The molecule has 0 unspecified atom stereocenters. The molecule has 1 amide bonds. The van der Waals surface area contributed by atoms with Crippen molar-refractivity contribution < 1.29 is 31.5 Å². The first-order valence-corrected chi connectivity index (χ1v) is 14.6. The normalized spacial score (nSPS) is 16.8. The van der Waals surface area contributed by atoms with Crippen LogP contribution in [0.25, 0.3) is 10.9 Å². The van der Waals surface area contributed by atoms with Crippen LogP contribution >= 0.6 is 23.2 Å². The van der Waals surface area contributed by atoms with Gasteiger partial charge in [0.05, 0.1) is 45.0 Å². The molecule has 3 aromatic rings. The van der Waals surface area contributed by atoms with E-state index in [1.165, 1.54) is 25.1 Å². The molecule has 1 atom stereocenters. The molecule has 1 aliphatic heterocycles. The molecule has 15 heteroatoms. The largest absolute Gasteiger partial charge is 0.465 e. The highest BCUT2D eigenvalue weighted by Gasteiger charge is 2.37. The molecule has 0 saturated carbocycles. The molecule has 0 radical (unpaired) electrons. The first-order chi connectivity index (χ1) is 18.7. The number of likely N-dealkylation sites (tertiary alicyclic amines) is 1. The van der Waals surface area contributed by atoms with E-state index < -0.39 is 39.3 Å². The molecule has 1 saturated heterocycles. The van der Waals surface area contributed by atoms with Gasteiger partial charge in [0.1, 0.15) is 0 Å². The number of amides is 1. The van der Waals surface area contributed by atoms with Crippen LogP contribution in [0.1, 0.15) is 36.5 Å². The number of nitrogens with zero attached hydrogens (tertiary/aromatic N) is 3. The van der Waals surface area contributed by atoms with Crippen LogP contribution in [0.2, 0.25) is 10.0 Å². The number of benzene rings is 2. The van der Waals surface area contributed by atoms with Crippen molar-refractivity contribution >= 4 is 50.0 Å². The number of piperidine rings is 1. The van der Waals surface area contributed by atoms with Gasteiger partial charge in [0, 0.05) is 24.2 Å². The Morgan fingerprint density at radius 2 is 1.95 bits per heavy atom. The molecule has 4 rings (SSSR count). The van der Waals surface area contributed by atoms with E-state index >= 15 is 0 Å². The van der Waals surface area contributed by atoms with Crippen LogP contribution in [0.3, 0.4) is 0 Å². The van der Waals surface area contributed by atoms with Crippen LogP contribution in [-0.2, 0) is 29.1 Å². The summed E-state index contributed by atoms with van der Waals surface area (Å²) in [6.45, 7) is 1.55. The van der Waals surface area contributed by atoms with E-state index in [-0.39, 0.29) is 62.4 Å². The summed E-state index contributed by atoms with van der Waals surface area (Å²) in [4.78, 5) is 30.2. The van der Waals surface area contributed by atoms with Gasteiger partial charge in [-0.1, -0.05) is 30.1 Å². The van der Waals surface area contributed by atoms with Crippen molar-refractivity contribution in [3.05, 3.63) is 67.7 Å². The fourth-order valence-electron chi connectivity index (χ4n) is 4.85. The van der Waals surface area contributed by atoms with Crippen molar-refractivity contribution in [2.75, 3.05) is 18.8 Å². The standard InChI is InChI=1S/C25H25Cl2F3N4O5S/c1-2-40(38,39)20-6-5-15(26)8-14(20)10-34-13-31-22-17(23(34)35)9-19(25(28,29)30)18(21(22)27)12-33-7-3-4-16(11-33)32-24(36)37/h5-6,8-9,13,16,32H,2-4,7,10-12H2,1H3,(H,36,37)/t16-/m0/s1. The lowest BCUT2D eigenvalue weighted by atomic mass is 10.0. The van der Waals surface area contributed by atoms with E-state index in [2.05, 4.69) is 10.3 Å². The number of alkyl halides is 3. The maximum Gasteiger partial charge on any atom is 0.416 e. The van der Waals surface area contributed by atoms with Crippen molar-refractivity contribution in [3.63, 3.8) is 0 Å². The topological polar surface area (TPSA) is 122 Å². The Kier molecular flexibility index (Phi) is 8.69. The molecule has 1 aliphatic rings. The number of carboxylic acid groups (broad SMARTS) is 1. The summed E-state index contributed by atoms with van der Waals surface area (Å²) >= 11 is 12.5. The van der Waals surface area contributed by atoms with E-state index in [1.54, 1.807) is 4.90 Å². The minimum Gasteiger partial charge on any atom is -0.465 e. The predicted molar refractivity (Wildman–Crippen MR) is 144 cm³/mol. The molecule has 1 fully saturated rings. The van der Waals surface area contributed by atoms with E-state index in [4.69, 9.17) is 28.3 Å². The lowest BCUT2D eigenvalue weighted by Gasteiger charge is -2.33. The van der Waals surface area contributed by atoms with Crippen molar-refractivity contribution in [3.8, 4) is 0 Å². The first-order valence-electron chi connectivity index (χ1n) is 12.2. The highest BCUT2D eigenvalue weighted by Crippen LogP contribution is 2.39. The van der Waals surface area contributed by atoms with Crippen molar-refractivity contribution in [2.45, 2.75) is 50.0 Å². The van der Waals surface area contributed by atoms with Gasteiger partial charge >= 0.3 is 12.3 Å². The fourth-order valence-corrected chi connectivity index (χ4v) is 6.47. The third kappa shape index (κ3) is 6.37. The van der Waals surface area contributed by atoms with Gasteiger partial charge in [0.2, 0.25) is 0 Å². The third-order valence-electron chi connectivity index (χ3n) is 6.76. The number of nitrogens with one attached hydrogen (secondary N) is 1. The maximum absolute atomic E-state index is 14.2. The number of sulfone groups is 1. The predicted octanol–water partition coefficient (Wildman–Crippen LogP) is 4.80. The number of rotatable bonds is 7. The summed E-state index contributed by atoms with van der Waals surface area (Å²) in [5.74, 6) is -0.204. The smallest absolute Gasteiger partial charge is 0.416 e. The Balaban J connectivity index is 1.78. The van der Waals surface area contributed by atoms with Gasteiger partial charge < -0.3 is 10.4 Å². The molecule has 40 heavy (non-hydrogen) atoms. The molecule has 9 nitrogen and oxygen atoms in total.